The molecule has 1 aliphatic rings. The van der Waals surface area contributed by atoms with Gasteiger partial charge in [-0.2, -0.15) is 0 Å². The lowest BCUT2D eigenvalue weighted by molar-refractivity contribution is -0.132. The predicted molar refractivity (Wildman–Crippen MR) is 127 cm³/mol. The second-order valence-electron chi connectivity index (χ2n) is 7.82. The van der Waals surface area contributed by atoms with Crippen LogP contribution in [0.2, 0.25) is 0 Å². The molecule has 1 unspecified atom stereocenters. The first-order valence-electron chi connectivity index (χ1n) is 10.6. The summed E-state index contributed by atoms with van der Waals surface area (Å²) in [7, 11) is 2.75. The molecule has 7 nitrogen and oxygen atoms in total. The van der Waals surface area contributed by atoms with Crippen molar-refractivity contribution in [3.05, 3.63) is 101 Å². The van der Waals surface area contributed by atoms with Gasteiger partial charge in [-0.05, 0) is 31.2 Å². The van der Waals surface area contributed by atoms with Crippen molar-refractivity contribution in [3.63, 3.8) is 0 Å². The molecule has 1 heterocycles. The van der Waals surface area contributed by atoms with E-state index in [1.54, 1.807) is 54.6 Å². The SMILES string of the molecule is COC(=O)c1cccc(N2C(=O)C(=O)/C(=C(/O)c3ccc(C)cc3)C2c2ccccc2OC)c1. The van der Waals surface area contributed by atoms with Crippen LogP contribution in [0.5, 0.6) is 5.75 Å². The Kier molecular flexibility index (Phi) is 6.19. The topological polar surface area (TPSA) is 93.1 Å². The Morgan fingerprint density at radius 2 is 1.62 bits per heavy atom. The van der Waals surface area contributed by atoms with E-state index in [1.807, 2.05) is 19.1 Å². The number of para-hydroxylation sites is 1. The van der Waals surface area contributed by atoms with Crippen LogP contribution in [0.3, 0.4) is 0 Å². The van der Waals surface area contributed by atoms with E-state index in [9.17, 15) is 19.5 Å². The summed E-state index contributed by atoms with van der Waals surface area (Å²) in [6.45, 7) is 1.91. The molecule has 7 heteroatoms. The number of benzene rings is 3. The van der Waals surface area contributed by atoms with Crippen LogP contribution in [0, 0.1) is 6.92 Å². The summed E-state index contributed by atoms with van der Waals surface area (Å²) >= 11 is 0. The lowest BCUT2D eigenvalue weighted by Gasteiger charge is -2.27. The fourth-order valence-corrected chi connectivity index (χ4v) is 4.05. The molecule has 3 aromatic rings. The standard InChI is InChI=1S/C27H23NO6/c1-16-11-13-17(14-12-16)24(29)22-23(20-9-4-5-10-21(20)33-2)28(26(31)25(22)30)19-8-6-7-18(15-19)27(32)34-3/h4-15,23,29H,1-3H3/b24-22+. The first-order valence-corrected chi connectivity index (χ1v) is 10.6. The molecule has 4 rings (SSSR count). The highest BCUT2D eigenvalue weighted by atomic mass is 16.5. The van der Waals surface area contributed by atoms with Gasteiger partial charge >= 0.3 is 5.97 Å². The molecule has 1 aliphatic heterocycles. The van der Waals surface area contributed by atoms with Crippen LogP contribution in [0.4, 0.5) is 5.69 Å². The molecule has 1 amide bonds. The minimum Gasteiger partial charge on any atom is -0.507 e. The number of carbonyl (C=O) groups is 3. The van der Waals surface area contributed by atoms with Gasteiger partial charge in [0.2, 0.25) is 0 Å². The zero-order valence-corrected chi connectivity index (χ0v) is 18.9. The van der Waals surface area contributed by atoms with Gasteiger partial charge in [-0.15, -0.1) is 0 Å². The van der Waals surface area contributed by atoms with Gasteiger partial charge < -0.3 is 14.6 Å². The molecule has 0 aliphatic carbocycles. The largest absolute Gasteiger partial charge is 0.507 e. The summed E-state index contributed by atoms with van der Waals surface area (Å²) in [5, 5.41) is 11.2. The first kappa shape index (κ1) is 22.8. The molecule has 1 atom stereocenters. The number of esters is 1. The fraction of sp³-hybridized carbons (Fsp3) is 0.148. The second-order valence-corrected chi connectivity index (χ2v) is 7.82. The van der Waals surface area contributed by atoms with Gasteiger partial charge in [-0.1, -0.05) is 54.1 Å². The van der Waals surface area contributed by atoms with Crippen LogP contribution in [0.1, 0.15) is 33.1 Å². The molecular weight excluding hydrogens is 434 g/mol. The van der Waals surface area contributed by atoms with E-state index in [-0.39, 0.29) is 16.9 Å². The number of hydrogen-bond donors (Lipinski definition) is 1. The van der Waals surface area contributed by atoms with Crippen LogP contribution < -0.4 is 9.64 Å². The van der Waals surface area contributed by atoms with Crippen molar-refractivity contribution >= 4 is 29.1 Å². The third-order valence-electron chi connectivity index (χ3n) is 5.75. The maximum atomic E-state index is 13.3. The highest BCUT2D eigenvalue weighted by Crippen LogP contribution is 2.45. The third kappa shape index (κ3) is 3.92. The van der Waals surface area contributed by atoms with E-state index in [1.165, 1.54) is 25.2 Å². The number of ether oxygens (including phenoxy) is 2. The van der Waals surface area contributed by atoms with Crippen molar-refractivity contribution in [1.29, 1.82) is 0 Å². The molecule has 3 aromatic carbocycles. The van der Waals surface area contributed by atoms with Crippen molar-refractivity contribution in [1.82, 2.24) is 0 Å². The van der Waals surface area contributed by atoms with Gasteiger partial charge in [0.05, 0.1) is 31.4 Å². The van der Waals surface area contributed by atoms with Crippen molar-refractivity contribution in [3.8, 4) is 5.75 Å². The zero-order valence-electron chi connectivity index (χ0n) is 18.9. The Balaban J connectivity index is 1.97. The summed E-state index contributed by atoms with van der Waals surface area (Å²) in [6.07, 6.45) is 0. The van der Waals surface area contributed by atoms with Crippen LogP contribution in [0.25, 0.3) is 5.76 Å². The second kappa shape index (κ2) is 9.23. The van der Waals surface area contributed by atoms with E-state index in [2.05, 4.69) is 0 Å². The average Bonchev–Trinajstić information content (AvgIpc) is 3.13. The van der Waals surface area contributed by atoms with Crippen LogP contribution in [-0.4, -0.2) is 37.0 Å². The minimum atomic E-state index is -0.981. The molecule has 1 saturated heterocycles. The summed E-state index contributed by atoms with van der Waals surface area (Å²) in [6, 6.07) is 19.2. The molecular formula is C27H23NO6. The molecule has 172 valence electrons. The molecule has 0 aromatic heterocycles. The molecule has 1 N–H and O–H groups in total. The number of methoxy groups -OCH3 is 2. The normalized spacial score (nSPS) is 17.0. The fourth-order valence-electron chi connectivity index (χ4n) is 4.05. The number of anilines is 1. The van der Waals surface area contributed by atoms with Crippen molar-refractivity contribution in [2.24, 2.45) is 0 Å². The molecule has 0 radical (unpaired) electrons. The maximum Gasteiger partial charge on any atom is 0.337 e. The van der Waals surface area contributed by atoms with Gasteiger partial charge in [0, 0.05) is 16.8 Å². The van der Waals surface area contributed by atoms with Crippen molar-refractivity contribution in [2.45, 2.75) is 13.0 Å². The maximum absolute atomic E-state index is 13.3. The highest BCUT2D eigenvalue weighted by molar-refractivity contribution is 6.51. The van der Waals surface area contributed by atoms with Crippen LogP contribution in [0.15, 0.2) is 78.4 Å². The zero-order chi connectivity index (χ0) is 24.4. The van der Waals surface area contributed by atoms with Crippen LogP contribution >= 0.6 is 0 Å². The summed E-state index contributed by atoms with van der Waals surface area (Å²) in [5.41, 5.74) is 2.37. The van der Waals surface area contributed by atoms with Crippen molar-refractivity contribution in [2.75, 3.05) is 19.1 Å². The Hall–Kier alpha value is -4.39. The summed E-state index contributed by atoms with van der Waals surface area (Å²) in [5.74, 6) is -2.09. The predicted octanol–water partition coefficient (Wildman–Crippen LogP) is 4.42. The summed E-state index contributed by atoms with van der Waals surface area (Å²) < 4.78 is 10.3. The van der Waals surface area contributed by atoms with Crippen molar-refractivity contribution < 1.29 is 29.0 Å². The lowest BCUT2D eigenvalue weighted by Crippen LogP contribution is -2.29. The average molecular weight is 457 g/mol. The van der Waals surface area contributed by atoms with E-state index >= 15 is 0 Å². The number of carbonyl (C=O) groups excluding carboxylic acids is 3. The van der Waals surface area contributed by atoms with E-state index in [0.717, 1.165) is 5.56 Å². The number of rotatable bonds is 5. The van der Waals surface area contributed by atoms with E-state index in [4.69, 9.17) is 9.47 Å². The molecule has 1 fully saturated rings. The first-order chi connectivity index (χ1) is 16.4. The van der Waals surface area contributed by atoms with E-state index in [0.29, 0.717) is 22.6 Å². The molecule has 34 heavy (non-hydrogen) atoms. The van der Waals surface area contributed by atoms with Gasteiger partial charge in [0.15, 0.2) is 0 Å². The molecule has 0 spiro atoms. The van der Waals surface area contributed by atoms with E-state index < -0.39 is 23.7 Å². The van der Waals surface area contributed by atoms with Gasteiger partial charge in [-0.25, -0.2) is 4.79 Å². The monoisotopic (exact) mass is 457 g/mol. The Morgan fingerprint density at radius 1 is 0.912 bits per heavy atom. The number of aliphatic hydroxyl groups is 1. The van der Waals surface area contributed by atoms with Crippen LogP contribution in [-0.2, 0) is 14.3 Å². The lowest BCUT2D eigenvalue weighted by atomic mass is 9.94. The number of aliphatic hydroxyl groups excluding tert-OH is 1. The van der Waals surface area contributed by atoms with Gasteiger partial charge in [-0.3, -0.25) is 14.5 Å². The third-order valence-corrected chi connectivity index (χ3v) is 5.75. The molecule has 0 saturated carbocycles. The number of nitrogens with zero attached hydrogens (tertiary/aromatic N) is 1. The number of amides is 1. The Bertz CT molecular complexity index is 1310. The number of Topliss-reactive ketones (excluding diaryl/α,β-unsaturated/α-hetero) is 1. The highest BCUT2D eigenvalue weighted by Gasteiger charge is 2.48. The summed E-state index contributed by atoms with van der Waals surface area (Å²) in [4.78, 5) is 40.0. The van der Waals surface area contributed by atoms with Gasteiger partial charge in [0.1, 0.15) is 11.5 Å². The Morgan fingerprint density at radius 3 is 2.29 bits per heavy atom. The number of ketones is 1. The Labute approximate surface area is 196 Å². The quantitative estimate of drug-likeness (QED) is 0.264. The number of aryl methyl sites for hydroxylation is 1. The number of hydrogen-bond acceptors (Lipinski definition) is 6. The smallest absolute Gasteiger partial charge is 0.337 e. The van der Waals surface area contributed by atoms with Gasteiger partial charge in [0.25, 0.3) is 11.7 Å². The molecule has 0 bridgehead atoms. The minimum absolute atomic E-state index is 0.0678.